The molecule has 2 aromatic heterocycles. The van der Waals surface area contributed by atoms with Crippen molar-refractivity contribution in [2.24, 2.45) is 0 Å². The van der Waals surface area contributed by atoms with Crippen LogP contribution in [0.25, 0.3) is 91.5 Å². The molecule has 0 bridgehead atoms. The predicted octanol–water partition coefficient (Wildman–Crippen LogP) is 18.0. The number of aromatic nitrogens is 1. The smallest absolute Gasteiger partial charge is 0.0568 e. The van der Waals surface area contributed by atoms with Gasteiger partial charge in [-0.2, -0.15) is 0 Å². The number of para-hydroxylation sites is 3. The van der Waals surface area contributed by atoms with Crippen LogP contribution in [0.4, 0.5) is 34.1 Å². The molecule has 0 spiro atoms. The summed E-state index contributed by atoms with van der Waals surface area (Å²) in [6, 6.07) is 87.0. The van der Waals surface area contributed by atoms with Gasteiger partial charge in [-0.15, -0.1) is 11.3 Å². The molecule has 0 atom stereocenters. The average molecular weight is 858 g/mol. The number of thiophene rings is 1. The summed E-state index contributed by atoms with van der Waals surface area (Å²) in [7, 11) is 0. The first-order chi connectivity index (χ1) is 32.7. The summed E-state index contributed by atoms with van der Waals surface area (Å²) in [4.78, 5) is 4.79. The summed E-state index contributed by atoms with van der Waals surface area (Å²) < 4.78 is 5.11. The highest BCUT2D eigenvalue weighted by molar-refractivity contribution is 7.25. The molecular weight excluding hydrogens is 819 g/mol. The van der Waals surface area contributed by atoms with Gasteiger partial charge in [0, 0.05) is 70.8 Å². The Kier molecular flexibility index (Phi) is 8.15. The lowest BCUT2D eigenvalue weighted by Crippen LogP contribution is -2.12. The fraction of sp³-hybridized carbons (Fsp3) is 0. The van der Waals surface area contributed by atoms with E-state index >= 15 is 0 Å². The van der Waals surface area contributed by atoms with E-state index in [4.69, 9.17) is 0 Å². The third-order valence-corrected chi connectivity index (χ3v) is 14.7. The van der Waals surface area contributed by atoms with Gasteiger partial charge in [0.25, 0.3) is 0 Å². The molecule has 0 saturated heterocycles. The van der Waals surface area contributed by atoms with Crippen LogP contribution >= 0.6 is 11.3 Å². The minimum absolute atomic E-state index is 1.07. The maximum Gasteiger partial charge on any atom is 0.0568 e. The largest absolute Gasteiger partial charge is 0.310 e. The molecule has 11 aromatic carbocycles. The number of hydrogen-bond acceptors (Lipinski definition) is 3. The minimum atomic E-state index is 1.07. The summed E-state index contributed by atoms with van der Waals surface area (Å²) in [5, 5.41) is 10.3. The second-order valence-electron chi connectivity index (χ2n) is 17.3. The Morgan fingerprint density at radius 3 is 1.62 bits per heavy atom. The summed E-state index contributed by atoms with van der Waals surface area (Å²) in [5.74, 6) is 0. The fourth-order valence-corrected chi connectivity index (χ4v) is 11.9. The quantitative estimate of drug-likeness (QED) is 0.158. The molecular formula is C62H39N3S. The lowest BCUT2D eigenvalue weighted by Gasteiger charge is -2.29. The second-order valence-corrected chi connectivity index (χ2v) is 18.4. The van der Waals surface area contributed by atoms with Crippen molar-refractivity contribution in [1.82, 2.24) is 4.57 Å². The summed E-state index contributed by atoms with van der Waals surface area (Å²) in [6.45, 7) is 0. The zero-order chi connectivity index (χ0) is 43.3. The van der Waals surface area contributed by atoms with E-state index in [1.807, 2.05) is 11.3 Å². The molecule has 4 heteroatoms. The van der Waals surface area contributed by atoms with Crippen LogP contribution in [-0.4, -0.2) is 4.57 Å². The van der Waals surface area contributed by atoms with Gasteiger partial charge < -0.3 is 14.4 Å². The summed E-state index contributed by atoms with van der Waals surface area (Å²) in [5.41, 5.74) is 15.1. The maximum atomic E-state index is 2.47. The molecule has 0 saturated carbocycles. The Bertz CT molecular complexity index is 4040. The Morgan fingerprint density at radius 2 is 0.879 bits per heavy atom. The molecule has 0 fully saturated rings. The van der Waals surface area contributed by atoms with Gasteiger partial charge in [0.15, 0.2) is 0 Å². The number of nitrogens with zero attached hydrogens (tertiary/aromatic N) is 3. The van der Waals surface area contributed by atoms with Gasteiger partial charge in [0.1, 0.15) is 0 Å². The SMILES string of the molecule is c1ccc(N(c2ccc(N(c3ccccc3)c3cc4c5c6c7c(cccc7ccc6n(-c6ccccc6)c5c3)-c3ccccc3-4)cc2)c2ccc3cc4c(cc3c2)sc2ccccc24)cc1. The van der Waals surface area contributed by atoms with E-state index in [2.05, 4.69) is 251 Å². The number of hydrogen-bond donors (Lipinski definition) is 0. The topological polar surface area (TPSA) is 11.4 Å². The van der Waals surface area contributed by atoms with E-state index in [0.29, 0.717) is 0 Å². The second kappa shape index (κ2) is 14.5. The van der Waals surface area contributed by atoms with Gasteiger partial charge in [-0.1, -0.05) is 127 Å². The highest BCUT2D eigenvalue weighted by Crippen LogP contribution is 2.52. The van der Waals surface area contributed by atoms with Gasteiger partial charge >= 0.3 is 0 Å². The van der Waals surface area contributed by atoms with Crippen LogP contribution in [0.2, 0.25) is 0 Å². The van der Waals surface area contributed by atoms with E-state index in [0.717, 1.165) is 39.8 Å². The summed E-state index contributed by atoms with van der Waals surface area (Å²) >= 11 is 1.87. The monoisotopic (exact) mass is 857 g/mol. The number of rotatable bonds is 7. The molecule has 0 aliphatic heterocycles. The third-order valence-electron chi connectivity index (χ3n) is 13.6. The molecule has 0 radical (unpaired) electrons. The standard InChI is InChI=1S/C62H39N3S/c1-4-16-43(17-5-1)63(48-29-27-41-36-54-52-24-12-13-26-58(52)66-59(54)37-42(41)35-48)46-30-32-47(33-31-46)64(44-18-6-2-7-19-44)49-38-55-51-23-11-10-22-50(51)53-25-14-15-40-28-34-56-62(60(40)53)61(55)57(39-49)65(56)45-20-8-3-9-21-45/h1-39H. The van der Waals surface area contributed by atoms with E-state index in [-0.39, 0.29) is 0 Å². The minimum Gasteiger partial charge on any atom is -0.310 e. The van der Waals surface area contributed by atoms with Crippen LogP contribution in [0, 0.1) is 0 Å². The van der Waals surface area contributed by atoms with Crippen molar-refractivity contribution in [3.8, 4) is 27.9 Å². The van der Waals surface area contributed by atoms with E-state index in [1.165, 1.54) is 85.8 Å². The van der Waals surface area contributed by atoms with E-state index < -0.39 is 0 Å². The Morgan fingerprint density at radius 1 is 0.288 bits per heavy atom. The first kappa shape index (κ1) is 37.0. The normalized spacial score (nSPS) is 11.9. The van der Waals surface area contributed by atoms with Crippen molar-refractivity contribution in [3.05, 3.63) is 237 Å². The van der Waals surface area contributed by atoms with Crippen LogP contribution in [0.3, 0.4) is 0 Å². The zero-order valence-corrected chi connectivity index (χ0v) is 36.6. The van der Waals surface area contributed by atoms with Crippen LogP contribution < -0.4 is 9.80 Å². The molecule has 2 heterocycles. The molecule has 14 rings (SSSR count). The Balaban J connectivity index is 0.965. The van der Waals surface area contributed by atoms with Crippen LogP contribution in [-0.2, 0) is 0 Å². The fourth-order valence-electron chi connectivity index (χ4n) is 10.8. The van der Waals surface area contributed by atoms with Gasteiger partial charge in [-0.25, -0.2) is 0 Å². The van der Waals surface area contributed by atoms with Gasteiger partial charge in [-0.3, -0.25) is 0 Å². The molecule has 308 valence electrons. The van der Waals surface area contributed by atoms with E-state index in [1.54, 1.807) is 0 Å². The van der Waals surface area contributed by atoms with Gasteiger partial charge in [0.05, 0.1) is 11.0 Å². The van der Waals surface area contributed by atoms with Crippen molar-refractivity contribution in [2.75, 3.05) is 9.80 Å². The zero-order valence-electron chi connectivity index (χ0n) is 35.8. The highest BCUT2D eigenvalue weighted by atomic mass is 32.1. The molecule has 0 unspecified atom stereocenters. The van der Waals surface area contributed by atoms with Crippen molar-refractivity contribution in [3.63, 3.8) is 0 Å². The molecule has 1 aliphatic rings. The predicted molar refractivity (Wildman–Crippen MR) is 282 cm³/mol. The Hall–Kier alpha value is -8.44. The van der Waals surface area contributed by atoms with Crippen molar-refractivity contribution < 1.29 is 0 Å². The number of anilines is 6. The Labute approximate surface area is 385 Å². The third kappa shape index (κ3) is 5.62. The van der Waals surface area contributed by atoms with Crippen LogP contribution in [0.5, 0.6) is 0 Å². The average Bonchev–Trinajstić information content (AvgIpc) is 3.88. The van der Waals surface area contributed by atoms with Crippen molar-refractivity contribution in [2.45, 2.75) is 0 Å². The van der Waals surface area contributed by atoms with Gasteiger partial charge in [-0.05, 0) is 153 Å². The maximum absolute atomic E-state index is 2.47. The van der Waals surface area contributed by atoms with Crippen molar-refractivity contribution >= 4 is 109 Å². The molecule has 0 amide bonds. The lowest BCUT2D eigenvalue weighted by molar-refractivity contribution is 1.18. The van der Waals surface area contributed by atoms with Crippen molar-refractivity contribution in [1.29, 1.82) is 0 Å². The molecule has 13 aromatic rings. The molecule has 1 aliphatic carbocycles. The molecule has 3 nitrogen and oxygen atoms in total. The molecule has 66 heavy (non-hydrogen) atoms. The van der Waals surface area contributed by atoms with Crippen LogP contribution in [0.1, 0.15) is 0 Å². The lowest BCUT2D eigenvalue weighted by atomic mass is 9.93. The number of fused-ring (bicyclic) bond motifs is 7. The molecule has 0 N–H and O–H groups in total. The van der Waals surface area contributed by atoms with Gasteiger partial charge in [0.2, 0.25) is 0 Å². The van der Waals surface area contributed by atoms with E-state index in [9.17, 15) is 0 Å². The first-order valence-electron chi connectivity index (χ1n) is 22.6. The van der Waals surface area contributed by atoms with Crippen LogP contribution in [0.15, 0.2) is 237 Å². The summed E-state index contributed by atoms with van der Waals surface area (Å²) in [6.07, 6.45) is 0. The first-order valence-corrected chi connectivity index (χ1v) is 23.4. The number of benzene rings is 11. The highest BCUT2D eigenvalue weighted by Gasteiger charge is 2.27.